The molecule has 0 saturated carbocycles. The molecule has 0 unspecified atom stereocenters. The topological polar surface area (TPSA) is 71.1 Å². The highest BCUT2D eigenvalue weighted by atomic mass is 31.2. The molecule has 0 saturated heterocycles. The smallest absolute Gasteiger partial charge is 0.308 e. The van der Waals surface area contributed by atoms with Crippen LogP contribution in [0.15, 0.2) is 18.4 Å². The second-order valence-electron chi connectivity index (χ2n) is 4.11. The highest BCUT2D eigenvalue weighted by Gasteiger charge is 2.60. The summed E-state index contributed by atoms with van der Waals surface area (Å²) in [5, 5.41) is 0. The first-order valence-electron chi connectivity index (χ1n) is 6.96. The fourth-order valence-corrected chi connectivity index (χ4v) is 6.72. The molecule has 0 aliphatic heterocycles. The van der Waals surface area contributed by atoms with E-state index in [1.807, 2.05) is 0 Å². The van der Waals surface area contributed by atoms with Crippen molar-refractivity contribution in [3.05, 3.63) is 18.4 Å². The first kappa shape index (κ1) is 20.8. The Hall–Kier alpha value is -0.180. The Morgan fingerprint density at radius 2 is 1.19 bits per heavy atom. The van der Waals surface area contributed by atoms with E-state index >= 15 is 0 Å². The lowest BCUT2D eigenvalue weighted by molar-refractivity contribution is 0.187. The van der Waals surface area contributed by atoms with Gasteiger partial charge < -0.3 is 18.1 Å². The Labute approximate surface area is 127 Å². The van der Waals surface area contributed by atoms with E-state index in [4.69, 9.17) is 18.1 Å². The number of allylic oxidation sites excluding steroid dienone is 1. The summed E-state index contributed by atoms with van der Waals surface area (Å²) < 4.78 is 47.6. The summed E-state index contributed by atoms with van der Waals surface area (Å²) in [6.07, 6.45) is 1.30. The van der Waals surface area contributed by atoms with Crippen LogP contribution in [0.1, 0.15) is 34.6 Å². The van der Waals surface area contributed by atoms with E-state index in [0.29, 0.717) is 0 Å². The van der Waals surface area contributed by atoms with Gasteiger partial charge in [-0.15, -0.1) is 5.73 Å². The van der Waals surface area contributed by atoms with E-state index in [2.05, 4.69) is 12.3 Å². The summed E-state index contributed by atoms with van der Waals surface area (Å²) in [4.78, 5) is -1.61. The quantitative estimate of drug-likeness (QED) is 0.405. The van der Waals surface area contributed by atoms with E-state index in [1.54, 1.807) is 27.7 Å². The molecule has 124 valence electrons. The third-order valence-corrected chi connectivity index (χ3v) is 9.02. The van der Waals surface area contributed by atoms with Crippen molar-refractivity contribution >= 4 is 15.2 Å². The van der Waals surface area contributed by atoms with Crippen LogP contribution in [0.4, 0.5) is 0 Å². The summed E-state index contributed by atoms with van der Waals surface area (Å²) in [7, 11) is -7.62. The van der Waals surface area contributed by atoms with Gasteiger partial charge in [0.25, 0.3) is 0 Å². The van der Waals surface area contributed by atoms with Crippen molar-refractivity contribution in [3.8, 4) is 0 Å². The van der Waals surface area contributed by atoms with E-state index in [9.17, 15) is 9.13 Å². The van der Waals surface area contributed by atoms with Gasteiger partial charge in [0.1, 0.15) is 0 Å². The highest BCUT2D eigenvalue weighted by Crippen LogP contribution is 2.78. The molecule has 0 N–H and O–H groups in total. The number of hydrogen-bond donors (Lipinski definition) is 0. The monoisotopic (exact) mass is 340 g/mol. The molecule has 0 rings (SSSR count). The lowest BCUT2D eigenvalue weighted by Gasteiger charge is -2.37. The lowest BCUT2D eigenvalue weighted by Crippen LogP contribution is -2.27. The van der Waals surface area contributed by atoms with E-state index < -0.39 is 20.1 Å². The van der Waals surface area contributed by atoms with Crippen molar-refractivity contribution in [2.24, 2.45) is 0 Å². The van der Waals surface area contributed by atoms with Crippen molar-refractivity contribution in [1.29, 1.82) is 0 Å². The molecule has 0 fully saturated rings. The summed E-state index contributed by atoms with van der Waals surface area (Å²) in [5.74, 6) is 0. The molecule has 0 aliphatic rings. The van der Waals surface area contributed by atoms with Gasteiger partial charge >= 0.3 is 15.2 Å². The number of hydrogen-bond acceptors (Lipinski definition) is 6. The van der Waals surface area contributed by atoms with Gasteiger partial charge in [-0.25, -0.2) is 0 Å². The van der Waals surface area contributed by atoms with Crippen molar-refractivity contribution in [2.75, 3.05) is 26.4 Å². The average Bonchev–Trinajstić information content (AvgIpc) is 2.39. The van der Waals surface area contributed by atoms with Crippen LogP contribution in [0.5, 0.6) is 0 Å². The molecule has 0 heterocycles. The van der Waals surface area contributed by atoms with Crippen LogP contribution in [0.3, 0.4) is 0 Å². The maximum atomic E-state index is 13.1. The zero-order valence-electron chi connectivity index (χ0n) is 13.5. The molecule has 0 aromatic rings. The first-order chi connectivity index (χ1) is 9.80. The Balaban J connectivity index is 6.15. The van der Waals surface area contributed by atoms with Crippen molar-refractivity contribution in [2.45, 2.75) is 39.5 Å². The van der Waals surface area contributed by atoms with Crippen LogP contribution in [0.2, 0.25) is 0 Å². The normalized spacial score (nSPS) is 13.0. The molecule has 0 aromatic carbocycles. The van der Waals surface area contributed by atoms with Gasteiger partial charge in [0.2, 0.25) is 0 Å². The van der Waals surface area contributed by atoms with Crippen LogP contribution in [0.25, 0.3) is 0 Å². The molecule has 21 heavy (non-hydrogen) atoms. The molecule has 0 aliphatic carbocycles. The fraction of sp³-hybridized carbons (Fsp3) is 0.769. The second kappa shape index (κ2) is 9.07. The van der Waals surface area contributed by atoms with Gasteiger partial charge in [-0.3, -0.25) is 9.13 Å². The largest absolute Gasteiger partial charge is 0.353 e. The minimum Gasteiger partial charge on any atom is -0.308 e. The lowest BCUT2D eigenvalue weighted by atomic mass is 10.4. The molecule has 0 radical (unpaired) electrons. The van der Waals surface area contributed by atoms with E-state index in [1.165, 1.54) is 13.0 Å². The van der Waals surface area contributed by atoms with Crippen molar-refractivity contribution in [3.63, 3.8) is 0 Å². The molecular weight excluding hydrogens is 314 g/mol. The molecule has 0 aromatic heterocycles. The predicted octanol–water partition coefficient (Wildman–Crippen LogP) is 4.58. The zero-order valence-corrected chi connectivity index (χ0v) is 15.2. The Morgan fingerprint density at radius 1 is 0.905 bits per heavy atom. The SMILES string of the molecule is C=C=CC(C)(P(=O)(OCC)OCC)P(=O)(OCC)OCC. The minimum atomic E-state index is -3.81. The fourth-order valence-electron chi connectivity index (χ4n) is 1.78. The minimum absolute atomic E-state index is 0.135. The molecule has 6 nitrogen and oxygen atoms in total. The van der Waals surface area contributed by atoms with Crippen molar-refractivity contribution < 1.29 is 27.2 Å². The second-order valence-corrected chi connectivity index (χ2v) is 9.34. The maximum absolute atomic E-state index is 13.1. The van der Waals surface area contributed by atoms with Gasteiger partial charge in [0, 0.05) is 0 Å². The molecule has 0 spiro atoms. The average molecular weight is 340 g/mol. The van der Waals surface area contributed by atoms with E-state index in [0.717, 1.165) is 0 Å². The summed E-state index contributed by atoms with van der Waals surface area (Å²) in [5.41, 5.74) is 2.51. The zero-order chi connectivity index (χ0) is 16.6. The third kappa shape index (κ3) is 4.40. The predicted molar refractivity (Wildman–Crippen MR) is 83.8 cm³/mol. The van der Waals surface area contributed by atoms with Gasteiger partial charge in [0.15, 0.2) is 4.90 Å². The van der Waals surface area contributed by atoms with Crippen LogP contribution in [-0.4, -0.2) is 31.3 Å². The molecule has 0 atom stereocenters. The molecule has 8 heteroatoms. The Kier molecular flexibility index (Phi) is 8.99. The van der Waals surface area contributed by atoms with Gasteiger partial charge in [0.05, 0.1) is 26.4 Å². The van der Waals surface area contributed by atoms with Gasteiger partial charge in [-0.1, -0.05) is 6.58 Å². The molecular formula is C13H26O6P2. The van der Waals surface area contributed by atoms with E-state index in [-0.39, 0.29) is 26.4 Å². The van der Waals surface area contributed by atoms with Crippen LogP contribution in [-0.2, 0) is 27.2 Å². The van der Waals surface area contributed by atoms with Crippen molar-refractivity contribution in [1.82, 2.24) is 0 Å². The summed E-state index contributed by atoms with van der Waals surface area (Å²) >= 11 is 0. The standard InChI is InChI=1S/C13H26O6P2/c1-7-12-13(6,20(14,16-8-2)17-9-3)21(15,18-10-4)19-11-5/h12H,1,8-11H2,2-6H3. The molecule has 0 bridgehead atoms. The van der Waals surface area contributed by atoms with Crippen LogP contribution >= 0.6 is 15.2 Å². The van der Waals surface area contributed by atoms with Crippen LogP contribution in [0, 0.1) is 0 Å². The van der Waals surface area contributed by atoms with Gasteiger partial charge in [-0.05, 0) is 40.7 Å². The van der Waals surface area contributed by atoms with Crippen LogP contribution < -0.4 is 0 Å². The number of rotatable bonds is 11. The van der Waals surface area contributed by atoms with Gasteiger partial charge in [-0.2, -0.15) is 0 Å². The Bertz CT molecular complexity index is 406. The summed E-state index contributed by atoms with van der Waals surface area (Å²) in [6.45, 7) is 12.2. The maximum Gasteiger partial charge on any atom is 0.353 e. The first-order valence-corrected chi connectivity index (χ1v) is 10.0. The Morgan fingerprint density at radius 3 is 1.38 bits per heavy atom. The highest BCUT2D eigenvalue weighted by molar-refractivity contribution is 7.74. The summed E-state index contributed by atoms with van der Waals surface area (Å²) in [6, 6.07) is 0. The molecule has 0 amide bonds. The third-order valence-electron chi connectivity index (χ3n) is 2.68.